The fraction of sp³-hybridized carbons (Fsp3) is 0.727. The van der Waals surface area contributed by atoms with Gasteiger partial charge in [-0.15, -0.1) is 0 Å². The Morgan fingerprint density at radius 3 is 3.06 bits per heavy atom. The van der Waals surface area contributed by atoms with Gasteiger partial charge in [0.25, 0.3) is 5.92 Å². The van der Waals surface area contributed by atoms with Crippen LogP contribution in [0, 0.1) is 11.3 Å². The molecule has 1 aromatic rings. The van der Waals surface area contributed by atoms with Crippen molar-refractivity contribution in [2.75, 3.05) is 13.1 Å². The van der Waals surface area contributed by atoms with E-state index in [9.17, 15) is 8.78 Å². The number of aromatic nitrogens is 2. The lowest BCUT2D eigenvalue weighted by Crippen LogP contribution is -2.33. The number of rotatable bonds is 2. The molecule has 3 nitrogen and oxygen atoms in total. The summed E-state index contributed by atoms with van der Waals surface area (Å²) in [5.74, 6) is -2.90. The summed E-state index contributed by atoms with van der Waals surface area (Å²) in [7, 11) is 0. The van der Waals surface area contributed by atoms with Crippen LogP contribution in [0.5, 0.6) is 0 Å². The maximum Gasteiger partial charge on any atom is 0.258 e. The van der Waals surface area contributed by atoms with Crippen molar-refractivity contribution in [1.29, 1.82) is 0 Å². The molecule has 1 aliphatic heterocycles. The van der Waals surface area contributed by atoms with Crippen molar-refractivity contribution in [3.8, 4) is 0 Å². The molecule has 16 heavy (non-hydrogen) atoms. The zero-order valence-corrected chi connectivity index (χ0v) is 9.21. The summed E-state index contributed by atoms with van der Waals surface area (Å²) in [6.45, 7) is 3.66. The first kappa shape index (κ1) is 10.2. The van der Waals surface area contributed by atoms with Crippen LogP contribution in [-0.4, -0.2) is 34.1 Å². The number of H-pyrrole nitrogens is 1. The number of nitrogens with one attached hydrogen (secondary N) is 1. The Kier molecular flexibility index (Phi) is 1.93. The lowest BCUT2D eigenvalue weighted by Gasteiger charge is -2.27. The fourth-order valence-corrected chi connectivity index (χ4v) is 2.83. The molecule has 1 aliphatic carbocycles. The molecule has 2 fully saturated rings. The van der Waals surface area contributed by atoms with Crippen molar-refractivity contribution in [2.45, 2.75) is 25.8 Å². The lowest BCUT2D eigenvalue weighted by atomic mass is 9.97. The average molecular weight is 227 g/mol. The Morgan fingerprint density at radius 1 is 1.62 bits per heavy atom. The molecule has 0 aromatic carbocycles. The summed E-state index contributed by atoms with van der Waals surface area (Å²) in [5, 5.41) is 6.72. The van der Waals surface area contributed by atoms with Gasteiger partial charge in [0.1, 0.15) is 0 Å². The third-order valence-electron chi connectivity index (χ3n) is 4.23. The van der Waals surface area contributed by atoms with E-state index in [-0.39, 0.29) is 0 Å². The molecule has 2 aliphatic rings. The largest absolute Gasteiger partial charge is 0.297 e. The van der Waals surface area contributed by atoms with E-state index in [2.05, 4.69) is 15.1 Å². The van der Waals surface area contributed by atoms with Gasteiger partial charge in [-0.25, -0.2) is 8.78 Å². The lowest BCUT2D eigenvalue weighted by molar-refractivity contribution is 0.0636. The Morgan fingerprint density at radius 2 is 2.44 bits per heavy atom. The van der Waals surface area contributed by atoms with Crippen LogP contribution >= 0.6 is 0 Å². The minimum absolute atomic E-state index is 0.448. The summed E-state index contributed by atoms with van der Waals surface area (Å²) in [5.41, 5.74) is 0.268. The molecule has 5 heteroatoms. The molecule has 88 valence electrons. The van der Waals surface area contributed by atoms with Gasteiger partial charge in [0, 0.05) is 36.3 Å². The van der Waals surface area contributed by atoms with Crippen LogP contribution in [0.15, 0.2) is 12.3 Å². The van der Waals surface area contributed by atoms with Gasteiger partial charge in [-0.2, -0.15) is 5.10 Å². The molecule has 0 radical (unpaired) electrons. The van der Waals surface area contributed by atoms with E-state index in [0.29, 0.717) is 19.5 Å². The topological polar surface area (TPSA) is 31.9 Å². The zero-order chi connectivity index (χ0) is 11.4. The molecule has 0 amide bonds. The Bertz CT molecular complexity index is 390. The third kappa shape index (κ3) is 1.24. The average Bonchev–Trinajstić information content (AvgIpc) is 2.63. The smallest absolute Gasteiger partial charge is 0.258 e. The maximum absolute atomic E-state index is 13.5. The van der Waals surface area contributed by atoms with Crippen LogP contribution in [0.1, 0.15) is 19.0 Å². The molecular weight excluding hydrogens is 212 g/mol. The summed E-state index contributed by atoms with van der Waals surface area (Å²) in [6, 6.07) is 1.89. The molecule has 1 N–H and O–H groups in total. The van der Waals surface area contributed by atoms with E-state index in [4.69, 9.17) is 0 Å². The molecule has 0 bridgehead atoms. The van der Waals surface area contributed by atoms with Gasteiger partial charge in [0.05, 0.1) is 0 Å². The summed E-state index contributed by atoms with van der Waals surface area (Å²) < 4.78 is 27.0. The standard InChI is InChI=1S/C11H15F2N3/c1-10-3-5-16(6-8-2-4-14-15-8)7-9(10)11(10,12)13/h2,4,9H,3,5-7H2,1H3,(H,14,15). The van der Waals surface area contributed by atoms with Crippen molar-refractivity contribution in [3.05, 3.63) is 18.0 Å². The quantitative estimate of drug-likeness (QED) is 0.836. The molecule has 2 unspecified atom stereocenters. The van der Waals surface area contributed by atoms with Gasteiger partial charge in [-0.05, 0) is 19.0 Å². The number of alkyl halides is 2. The van der Waals surface area contributed by atoms with Crippen LogP contribution in [0.2, 0.25) is 0 Å². The molecule has 2 atom stereocenters. The molecule has 3 rings (SSSR count). The summed E-state index contributed by atoms with van der Waals surface area (Å²) in [6.07, 6.45) is 2.29. The van der Waals surface area contributed by atoms with Crippen LogP contribution in [0.3, 0.4) is 0 Å². The molecular formula is C11H15F2N3. The molecule has 0 spiro atoms. The molecule has 2 heterocycles. The van der Waals surface area contributed by atoms with Gasteiger partial charge in [0.2, 0.25) is 0 Å². The van der Waals surface area contributed by atoms with Crippen molar-refractivity contribution < 1.29 is 8.78 Å². The highest BCUT2D eigenvalue weighted by Crippen LogP contribution is 2.69. The maximum atomic E-state index is 13.5. The first-order chi connectivity index (χ1) is 7.54. The van der Waals surface area contributed by atoms with E-state index in [1.165, 1.54) is 0 Å². The van der Waals surface area contributed by atoms with E-state index in [0.717, 1.165) is 12.2 Å². The SMILES string of the molecule is CC12CCN(Cc3ccn[nH]3)CC1C2(F)F. The second kappa shape index (κ2) is 3.03. The number of nitrogens with zero attached hydrogens (tertiary/aromatic N) is 2. The second-order valence-electron chi connectivity index (χ2n) is 5.16. The number of hydrogen-bond acceptors (Lipinski definition) is 2. The number of likely N-dealkylation sites (tertiary alicyclic amines) is 1. The zero-order valence-electron chi connectivity index (χ0n) is 9.21. The van der Waals surface area contributed by atoms with Gasteiger partial charge < -0.3 is 0 Å². The number of aromatic amines is 1. The monoisotopic (exact) mass is 227 g/mol. The number of piperidine rings is 1. The summed E-state index contributed by atoms with van der Waals surface area (Å²) in [4.78, 5) is 2.08. The van der Waals surface area contributed by atoms with E-state index >= 15 is 0 Å². The Labute approximate surface area is 92.8 Å². The first-order valence-corrected chi connectivity index (χ1v) is 5.62. The van der Waals surface area contributed by atoms with Gasteiger partial charge in [-0.3, -0.25) is 10.00 Å². The molecule has 1 saturated heterocycles. The van der Waals surface area contributed by atoms with Gasteiger partial charge in [-0.1, -0.05) is 6.92 Å². The number of hydrogen-bond donors (Lipinski definition) is 1. The number of halogens is 2. The highest BCUT2D eigenvalue weighted by atomic mass is 19.3. The minimum atomic E-state index is -2.45. The first-order valence-electron chi connectivity index (χ1n) is 5.62. The van der Waals surface area contributed by atoms with Crippen LogP contribution in [-0.2, 0) is 6.54 Å². The molecule has 1 aromatic heterocycles. The third-order valence-corrected chi connectivity index (χ3v) is 4.23. The Balaban J connectivity index is 1.66. The fourth-order valence-electron chi connectivity index (χ4n) is 2.83. The van der Waals surface area contributed by atoms with Crippen LogP contribution in [0.25, 0.3) is 0 Å². The van der Waals surface area contributed by atoms with Gasteiger partial charge in [0.15, 0.2) is 0 Å². The highest BCUT2D eigenvalue weighted by Gasteiger charge is 2.78. The molecule has 1 saturated carbocycles. The van der Waals surface area contributed by atoms with E-state index in [1.54, 1.807) is 13.1 Å². The van der Waals surface area contributed by atoms with Crippen molar-refractivity contribution >= 4 is 0 Å². The second-order valence-corrected chi connectivity index (χ2v) is 5.16. The van der Waals surface area contributed by atoms with E-state index in [1.807, 2.05) is 6.07 Å². The van der Waals surface area contributed by atoms with Crippen molar-refractivity contribution in [2.24, 2.45) is 11.3 Å². The van der Waals surface area contributed by atoms with Crippen LogP contribution < -0.4 is 0 Å². The predicted molar refractivity (Wildman–Crippen MR) is 55.0 cm³/mol. The Hall–Kier alpha value is -0.970. The summed E-state index contributed by atoms with van der Waals surface area (Å²) >= 11 is 0. The predicted octanol–water partition coefficient (Wildman–Crippen LogP) is 1.89. The minimum Gasteiger partial charge on any atom is -0.297 e. The van der Waals surface area contributed by atoms with Crippen LogP contribution in [0.4, 0.5) is 8.78 Å². The van der Waals surface area contributed by atoms with E-state index < -0.39 is 17.3 Å². The van der Waals surface area contributed by atoms with Crippen molar-refractivity contribution in [1.82, 2.24) is 15.1 Å². The van der Waals surface area contributed by atoms with Crippen molar-refractivity contribution in [3.63, 3.8) is 0 Å². The van der Waals surface area contributed by atoms with Gasteiger partial charge >= 0.3 is 0 Å². The normalized spacial score (nSPS) is 37.1. The number of fused-ring (bicyclic) bond motifs is 1. The highest BCUT2D eigenvalue weighted by molar-refractivity contribution is 5.18.